The van der Waals surface area contributed by atoms with E-state index >= 15 is 0 Å². The predicted molar refractivity (Wildman–Crippen MR) is 86.2 cm³/mol. The van der Waals surface area contributed by atoms with E-state index in [1.54, 1.807) is 19.1 Å². The molecular weight excluding hydrogens is 345 g/mol. The first-order chi connectivity index (χ1) is 11.2. The molecule has 0 aliphatic rings. The van der Waals surface area contributed by atoms with Crippen molar-refractivity contribution < 1.29 is 21.6 Å². The zero-order valence-corrected chi connectivity index (χ0v) is 14.3. The minimum absolute atomic E-state index is 0.132. The molecule has 0 aromatic heterocycles. The normalized spacial score (nSPS) is 13.0. The summed E-state index contributed by atoms with van der Waals surface area (Å²) in [5, 5.41) is 5.45. The van der Waals surface area contributed by atoms with E-state index in [0.717, 1.165) is 5.56 Å². The highest BCUT2D eigenvalue weighted by Gasteiger charge is 2.26. The molecule has 0 unspecified atom stereocenters. The van der Waals surface area contributed by atoms with Crippen LogP contribution in [0.3, 0.4) is 0 Å². The Bertz CT molecular complexity index is 643. The van der Waals surface area contributed by atoms with Gasteiger partial charge < -0.3 is 10.6 Å². The highest BCUT2D eigenvalue weighted by atomic mass is 32.2. The maximum absolute atomic E-state index is 12.2. The molecule has 0 amide bonds. The van der Waals surface area contributed by atoms with Crippen LogP contribution in [0.15, 0.2) is 34.2 Å². The molecule has 3 N–H and O–H groups in total. The molecule has 0 aliphatic heterocycles. The Balaban J connectivity index is 2.69. The molecule has 0 spiro atoms. The summed E-state index contributed by atoms with van der Waals surface area (Å²) >= 11 is 0. The first-order valence-electron chi connectivity index (χ1n) is 7.29. The quantitative estimate of drug-likeness (QED) is 0.506. The van der Waals surface area contributed by atoms with Crippen LogP contribution >= 0.6 is 0 Å². The van der Waals surface area contributed by atoms with E-state index in [0.29, 0.717) is 6.54 Å². The molecule has 0 atom stereocenters. The van der Waals surface area contributed by atoms with E-state index in [9.17, 15) is 21.6 Å². The molecule has 0 saturated heterocycles. The van der Waals surface area contributed by atoms with Crippen molar-refractivity contribution in [2.24, 2.45) is 4.99 Å². The van der Waals surface area contributed by atoms with Crippen LogP contribution in [0.25, 0.3) is 0 Å². The molecular formula is C14H21F3N4O2S. The van der Waals surface area contributed by atoms with Crippen LogP contribution in [0, 0.1) is 0 Å². The Morgan fingerprint density at radius 2 is 1.79 bits per heavy atom. The summed E-state index contributed by atoms with van der Waals surface area (Å²) in [7, 11) is -2.18. The molecule has 0 fully saturated rings. The van der Waals surface area contributed by atoms with Gasteiger partial charge in [-0.25, -0.2) is 18.1 Å². The van der Waals surface area contributed by atoms with Crippen molar-refractivity contribution in [2.45, 2.75) is 31.0 Å². The lowest BCUT2D eigenvalue weighted by molar-refractivity contribution is -0.132. The van der Waals surface area contributed by atoms with Crippen LogP contribution in [0.2, 0.25) is 0 Å². The molecule has 136 valence electrons. The second-order valence-electron chi connectivity index (χ2n) is 4.84. The number of hydrogen-bond acceptors (Lipinski definition) is 3. The topological polar surface area (TPSA) is 82.6 Å². The van der Waals surface area contributed by atoms with Gasteiger partial charge in [0, 0.05) is 13.1 Å². The number of nitrogens with one attached hydrogen (secondary N) is 3. The molecule has 0 aliphatic carbocycles. The van der Waals surface area contributed by atoms with Gasteiger partial charge in [-0.1, -0.05) is 12.1 Å². The molecule has 0 radical (unpaired) electrons. The van der Waals surface area contributed by atoms with Gasteiger partial charge in [0.15, 0.2) is 5.96 Å². The second-order valence-corrected chi connectivity index (χ2v) is 6.73. The van der Waals surface area contributed by atoms with Crippen LogP contribution in [0.1, 0.15) is 18.9 Å². The number of hydrogen-bond donors (Lipinski definition) is 3. The van der Waals surface area contributed by atoms with Crippen molar-refractivity contribution in [1.29, 1.82) is 0 Å². The van der Waals surface area contributed by atoms with Gasteiger partial charge in [0.1, 0.15) is 0 Å². The number of aliphatic imine (C=N–C) groups is 1. The number of alkyl halides is 3. The average molecular weight is 366 g/mol. The second kappa shape index (κ2) is 8.88. The maximum atomic E-state index is 12.2. The molecule has 24 heavy (non-hydrogen) atoms. The summed E-state index contributed by atoms with van der Waals surface area (Å²) < 4.78 is 61.9. The third kappa shape index (κ3) is 7.18. The number of rotatable bonds is 7. The van der Waals surface area contributed by atoms with Gasteiger partial charge in [0.05, 0.1) is 17.9 Å². The fourth-order valence-corrected chi connectivity index (χ4v) is 2.46. The molecule has 1 rings (SSSR count). The predicted octanol–water partition coefficient (Wildman–Crippen LogP) is 1.60. The molecule has 6 nitrogen and oxygen atoms in total. The number of benzene rings is 1. The van der Waals surface area contributed by atoms with Crippen LogP contribution in [-0.4, -0.2) is 40.7 Å². The highest BCUT2D eigenvalue weighted by Crippen LogP contribution is 2.18. The minimum atomic E-state index is -4.22. The van der Waals surface area contributed by atoms with Crippen LogP contribution < -0.4 is 15.4 Å². The van der Waals surface area contributed by atoms with E-state index in [2.05, 4.69) is 20.3 Å². The number of sulfonamides is 1. The monoisotopic (exact) mass is 366 g/mol. The smallest absolute Gasteiger partial charge is 0.357 e. The fourth-order valence-electron chi connectivity index (χ4n) is 1.73. The maximum Gasteiger partial charge on any atom is 0.390 e. The first-order valence-corrected chi connectivity index (χ1v) is 8.77. The summed E-state index contributed by atoms with van der Waals surface area (Å²) in [5.74, 6) is 0.272. The van der Waals surface area contributed by atoms with Crippen molar-refractivity contribution in [3.05, 3.63) is 29.8 Å². The lowest BCUT2D eigenvalue weighted by Gasteiger charge is -2.12. The zero-order chi connectivity index (χ0) is 18.2. The van der Waals surface area contributed by atoms with Crippen LogP contribution in [0.4, 0.5) is 13.2 Å². The zero-order valence-electron chi connectivity index (χ0n) is 13.4. The highest BCUT2D eigenvalue weighted by molar-refractivity contribution is 7.89. The lowest BCUT2D eigenvalue weighted by Crippen LogP contribution is -2.38. The van der Waals surface area contributed by atoms with Gasteiger partial charge in [-0.3, -0.25) is 0 Å². The van der Waals surface area contributed by atoms with Crippen molar-refractivity contribution in [3.8, 4) is 0 Å². The molecule has 10 heteroatoms. The summed E-state index contributed by atoms with van der Waals surface area (Å²) in [4.78, 5) is 4.31. The van der Waals surface area contributed by atoms with Gasteiger partial charge in [0.2, 0.25) is 10.0 Å². The minimum Gasteiger partial charge on any atom is -0.357 e. The van der Waals surface area contributed by atoms with E-state index < -0.39 is 22.6 Å². The molecule has 0 heterocycles. The number of nitrogens with zero attached hydrogens (tertiary/aromatic N) is 1. The molecule has 0 bridgehead atoms. The largest absolute Gasteiger partial charge is 0.390 e. The Labute approximate surface area is 139 Å². The van der Waals surface area contributed by atoms with Crippen molar-refractivity contribution in [2.75, 3.05) is 20.1 Å². The molecule has 1 aromatic rings. The number of halogens is 3. The van der Waals surface area contributed by atoms with Gasteiger partial charge in [-0.2, -0.15) is 13.2 Å². The van der Waals surface area contributed by atoms with E-state index in [-0.39, 0.29) is 23.9 Å². The third-order valence-electron chi connectivity index (χ3n) is 2.97. The summed E-state index contributed by atoms with van der Waals surface area (Å²) in [6, 6.07) is 6.10. The van der Waals surface area contributed by atoms with E-state index in [1.807, 2.05) is 0 Å². The molecule has 1 aromatic carbocycles. The average Bonchev–Trinajstić information content (AvgIpc) is 2.52. The van der Waals surface area contributed by atoms with Crippen molar-refractivity contribution >= 4 is 16.0 Å². The molecule has 0 saturated carbocycles. The summed E-state index contributed by atoms with van der Waals surface area (Å²) in [6.07, 6.45) is -5.17. The Morgan fingerprint density at radius 3 is 2.29 bits per heavy atom. The van der Waals surface area contributed by atoms with Gasteiger partial charge in [-0.05, 0) is 31.7 Å². The standard InChI is InChI=1S/C14H21F3N4O2S/c1-3-19-13(20-9-8-14(15,16)17)21-10-11-4-6-12(7-5-11)24(22,23)18-2/h4-7,18H,3,8-10H2,1-2H3,(H2,19,20,21). The van der Waals surface area contributed by atoms with Gasteiger partial charge >= 0.3 is 6.18 Å². The van der Waals surface area contributed by atoms with Crippen LogP contribution in [-0.2, 0) is 16.6 Å². The Hall–Kier alpha value is -1.81. The Morgan fingerprint density at radius 1 is 1.17 bits per heavy atom. The first kappa shape index (κ1) is 20.2. The third-order valence-corrected chi connectivity index (χ3v) is 4.40. The van der Waals surface area contributed by atoms with Crippen LogP contribution in [0.5, 0.6) is 0 Å². The summed E-state index contributed by atoms with van der Waals surface area (Å²) in [6.45, 7) is 2.26. The van der Waals surface area contributed by atoms with Crippen molar-refractivity contribution in [3.63, 3.8) is 0 Å². The van der Waals surface area contributed by atoms with Crippen molar-refractivity contribution in [1.82, 2.24) is 15.4 Å². The van der Waals surface area contributed by atoms with E-state index in [4.69, 9.17) is 0 Å². The van der Waals surface area contributed by atoms with E-state index in [1.165, 1.54) is 19.2 Å². The SMILES string of the molecule is CCNC(=NCc1ccc(S(=O)(=O)NC)cc1)NCCC(F)(F)F. The fraction of sp³-hybridized carbons (Fsp3) is 0.500. The number of guanidine groups is 1. The van der Waals surface area contributed by atoms with Gasteiger partial charge in [-0.15, -0.1) is 0 Å². The van der Waals surface area contributed by atoms with Gasteiger partial charge in [0.25, 0.3) is 0 Å². The Kier molecular flexibility index (Phi) is 7.49. The summed E-state index contributed by atoms with van der Waals surface area (Å²) in [5.41, 5.74) is 0.734. The lowest BCUT2D eigenvalue weighted by atomic mass is 10.2.